The van der Waals surface area contributed by atoms with Crippen molar-refractivity contribution in [2.45, 2.75) is 76.6 Å². The zero-order valence-corrected chi connectivity index (χ0v) is 23.2. The predicted molar refractivity (Wildman–Crippen MR) is 136 cm³/mol. The first-order valence-corrected chi connectivity index (χ1v) is 14.8. The average molecular weight is 529 g/mol. The van der Waals surface area contributed by atoms with Gasteiger partial charge in [0.25, 0.3) is 0 Å². The van der Waals surface area contributed by atoms with Crippen molar-refractivity contribution >= 4 is 17.4 Å². The maximum Gasteiger partial charge on any atom is 0.369 e. The summed E-state index contributed by atoms with van der Waals surface area (Å²) in [5, 5.41) is -0.606. The molecule has 0 bridgehead atoms. The third kappa shape index (κ3) is 7.30. The molecule has 0 fully saturated rings. The first-order chi connectivity index (χ1) is 16.4. The second kappa shape index (κ2) is 12.4. The molecule has 0 radical (unpaired) electrons. The normalized spacial score (nSPS) is 13.8. The van der Waals surface area contributed by atoms with Crippen LogP contribution in [0.2, 0.25) is 0 Å². The molecule has 10 heteroatoms. The van der Waals surface area contributed by atoms with Crippen LogP contribution in [-0.4, -0.2) is 38.1 Å². The van der Waals surface area contributed by atoms with Crippen LogP contribution >= 0.6 is 7.60 Å². The molecule has 2 aromatic carbocycles. The third-order valence-electron chi connectivity index (χ3n) is 5.96. The molecule has 2 aromatic rings. The van der Waals surface area contributed by atoms with E-state index in [1.54, 1.807) is 38.1 Å². The van der Waals surface area contributed by atoms with Crippen molar-refractivity contribution in [1.82, 2.24) is 0 Å². The van der Waals surface area contributed by atoms with Gasteiger partial charge in [-0.1, -0.05) is 24.6 Å². The topological polar surface area (TPSA) is 108 Å². The first kappa shape index (κ1) is 29.3. The molecular weight excluding hydrogens is 491 g/mol. The van der Waals surface area contributed by atoms with E-state index >= 15 is 0 Å². The highest BCUT2D eigenvalue weighted by Gasteiger charge is 2.32. The summed E-state index contributed by atoms with van der Waals surface area (Å²) >= 11 is 0. The molecule has 0 aliphatic carbocycles. The fraction of sp³-hybridized carbons (Fsp3) is 0.520. The molecule has 0 saturated heterocycles. The van der Waals surface area contributed by atoms with E-state index in [1.807, 2.05) is 33.8 Å². The third-order valence-corrected chi connectivity index (χ3v) is 10.1. The molecule has 0 saturated carbocycles. The summed E-state index contributed by atoms with van der Waals surface area (Å²) < 4.78 is 53.7. The molecule has 0 aromatic heterocycles. The Kier molecular flexibility index (Phi) is 10.4. The van der Waals surface area contributed by atoms with Crippen LogP contribution in [0.5, 0.6) is 11.5 Å². The van der Waals surface area contributed by atoms with E-state index in [2.05, 4.69) is 0 Å². The summed E-state index contributed by atoms with van der Waals surface area (Å²) in [6.45, 7) is 10.7. The van der Waals surface area contributed by atoms with Gasteiger partial charge < -0.3 is 19.3 Å². The first-order valence-electron chi connectivity index (χ1n) is 11.6. The van der Waals surface area contributed by atoms with Crippen LogP contribution in [0.15, 0.2) is 35.2 Å². The molecule has 8 nitrogen and oxygen atoms in total. The smallest absolute Gasteiger partial charge is 0.369 e. The summed E-state index contributed by atoms with van der Waals surface area (Å²) in [6, 6.07) is 8.59. The van der Waals surface area contributed by atoms with Gasteiger partial charge in [-0.25, -0.2) is 8.42 Å². The van der Waals surface area contributed by atoms with E-state index < -0.39 is 28.3 Å². The van der Waals surface area contributed by atoms with Gasteiger partial charge in [-0.3, -0.25) is 4.57 Å². The zero-order chi connectivity index (χ0) is 26.4. The number of sulfone groups is 1. The fourth-order valence-corrected chi connectivity index (χ4v) is 6.24. The summed E-state index contributed by atoms with van der Waals surface area (Å²) in [5.41, 5.74) is 3.07. The Hall–Kier alpha value is -1.90. The van der Waals surface area contributed by atoms with Crippen LogP contribution in [-0.2, 0) is 30.2 Å². The lowest BCUT2D eigenvalue weighted by Crippen LogP contribution is -2.16. The summed E-state index contributed by atoms with van der Waals surface area (Å²) in [4.78, 5) is 15.5. The maximum absolute atomic E-state index is 12.9. The van der Waals surface area contributed by atoms with E-state index in [1.165, 1.54) is 7.11 Å². The van der Waals surface area contributed by atoms with E-state index in [0.717, 1.165) is 22.3 Å². The molecule has 196 valence electrons. The molecule has 0 aliphatic heterocycles. The van der Waals surface area contributed by atoms with Gasteiger partial charge in [0, 0.05) is 7.11 Å². The molecule has 35 heavy (non-hydrogen) atoms. The Bertz CT molecular complexity index is 1130. The number of benzene rings is 2. The molecular formula is C25H37O8PS. The number of ether oxygens (including phenoxy) is 2. The molecule has 0 amide bonds. The molecule has 2 rings (SSSR count). The zero-order valence-electron chi connectivity index (χ0n) is 21.5. The highest BCUT2D eigenvalue weighted by Crippen LogP contribution is 2.50. The Morgan fingerprint density at radius 1 is 1.03 bits per heavy atom. The number of methoxy groups -OCH3 is 1. The second-order valence-corrected chi connectivity index (χ2v) is 13.3. The molecule has 1 N–H and O–H groups in total. The van der Waals surface area contributed by atoms with Crippen molar-refractivity contribution in [3.63, 3.8) is 0 Å². The van der Waals surface area contributed by atoms with E-state index in [-0.39, 0.29) is 17.4 Å². The minimum Gasteiger partial charge on any atom is -0.466 e. The minimum atomic E-state index is -3.91. The van der Waals surface area contributed by atoms with Crippen molar-refractivity contribution in [2.75, 3.05) is 13.9 Å². The van der Waals surface area contributed by atoms with E-state index in [4.69, 9.17) is 19.0 Å². The van der Waals surface area contributed by atoms with Gasteiger partial charge >= 0.3 is 7.60 Å². The Labute approximate surface area is 208 Å². The predicted octanol–water partition coefficient (Wildman–Crippen LogP) is 5.74. The molecule has 1 unspecified atom stereocenters. The Morgan fingerprint density at radius 3 is 2.14 bits per heavy atom. The van der Waals surface area contributed by atoms with Gasteiger partial charge in [0.2, 0.25) is 0 Å². The van der Waals surface area contributed by atoms with Crippen LogP contribution in [0.3, 0.4) is 0 Å². The van der Waals surface area contributed by atoms with Gasteiger partial charge in [-0.15, -0.1) is 0 Å². The number of hydrogen-bond donors (Lipinski definition) is 1. The van der Waals surface area contributed by atoms with Gasteiger partial charge in [-0.2, -0.15) is 0 Å². The fourth-order valence-electron chi connectivity index (χ4n) is 3.77. The van der Waals surface area contributed by atoms with Crippen LogP contribution in [0.1, 0.15) is 62.8 Å². The standard InChI is InChI=1S/C25H37O8PS/c1-8-22(9-2)34(26,27)33-32-21-12-18(5)23(19(6)13-21)14-20-10-11-24(31-16-30-7)25(15-20)35(28,29)17(3)4/h10-13,15,17,22H,8-9,14,16H2,1-7H3,(H,26,27). The van der Waals surface area contributed by atoms with E-state index in [0.29, 0.717) is 25.0 Å². The lowest BCUT2D eigenvalue weighted by molar-refractivity contribution is -0.111. The largest absolute Gasteiger partial charge is 0.466 e. The quantitative estimate of drug-likeness (QED) is 0.152. The van der Waals surface area contributed by atoms with Crippen LogP contribution in [0, 0.1) is 13.8 Å². The lowest BCUT2D eigenvalue weighted by Gasteiger charge is -2.19. The highest BCUT2D eigenvalue weighted by atomic mass is 32.2. The number of hydrogen-bond acceptors (Lipinski definition) is 7. The molecule has 0 aliphatic rings. The monoisotopic (exact) mass is 528 g/mol. The molecule has 0 spiro atoms. The highest BCUT2D eigenvalue weighted by molar-refractivity contribution is 7.92. The molecule has 0 heterocycles. The molecule has 1 atom stereocenters. The van der Waals surface area contributed by atoms with Gasteiger partial charge in [0.15, 0.2) is 22.4 Å². The van der Waals surface area contributed by atoms with Crippen molar-refractivity contribution < 1.29 is 36.9 Å². The van der Waals surface area contributed by atoms with Crippen LogP contribution in [0.25, 0.3) is 0 Å². The van der Waals surface area contributed by atoms with Crippen LogP contribution < -0.4 is 9.62 Å². The van der Waals surface area contributed by atoms with Crippen molar-refractivity contribution in [3.05, 3.63) is 52.6 Å². The van der Waals surface area contributed by atoms with Crippen LogP contribution in [0.4, 0.5) is 0 Å². The second-order valence-electron chi connectivity index (χ2n) is 8.83. The SMILES string of the molecule is CCC(CC)P(=O)(O)OOc1cc(C)c(Cc2ccc(OCOC)c(S(=O)(=O)C(C)C)c2)c(C)c1. The van der Waals surface area contributed by atoms with Crippen molar-refractivity contribution in [1.29, 1.82) is 0 Å². The Balaban J connectivity index is 2.32. The summed E-state index contributed by atoms with van der Waals surface area (Å²) in [6.07, 6.45) is 1.50. The summed E-state index contributed by atoms with van der Waals surface area (Å²) in [7, 11) is -6.02. The van der Waals surface area contributed by atoms with Crippen molar-refractivity contribution in [3.8, 4) is 11.5 Å². The van der Waals surface area contributed by atoms with Gasteiger partial charge in [-0.05, 0) is 93.5 Å². The van der Waals surface area contributed by atoms with Gasteiger partial charge in [0.1, 0.15) is 10.6 Å². The Morgan fingerprint density at radius 2 is 1.63 bits per heavy atom. The maximum atomic E-state index is 12.9. The van der Waals surface area contributed by atoms with Gasteiger partial charge in [0.05, 0.1) is 10.9 Å². The number of rotatable bonds is 13. The van der Waals surface area contributed by atoms with Crippen molar-refractivity contribution in [2.24, 2.45) is 0 Å². The average Bonchev–Trinajstić information content (AvgIpc) is 2.79. The summed E-state index contributed by atoms with van der Waals surface area (Å²) in [5.74, 6) is 0.583. The number of aryl methyl sites for hydroxylation is 2. The van der Waals surface area contributed by atoms with E-state index in [9.17, 15) is 17.9 Å². The lowest BCUT2D eigenvalue weighted by atomic mass is 9.96. The minimum absolute atomic E-state index is 0.0558.